The topological polar surface area (TPSA) is 147 Å². The van der Waals surface area contributed by atoms with Crippen molar-refractivity contribution in [2.45, 2.75) is 35.2 Å². The zero-order valence-corrected chi connectivity index (χ0v) is 38.8. The van der Waals surface area contributed by atoms with E-state index in [0.29, 0.717) is 39.7 Å². The molecule has 356 valence electrons. The smallest absolute Gasteiger partial charge is 0.396 e. The number of nitrogens with two attached hydrogens (primary N) is 1. The zero-order chi connectivity index (χ0) is 49.4. The second-order valence-electron chi connectivity index (χ2n) is 14.7. The summed E-state index contributed by atoms with van der Waals surface area (Å²) in [5, 5.41) is 1.17. The molecule has 0 aliphatic rings. The van der Waals surface area contributed by atoms with Gasteiger partial charge in [-0.25, -0.2) is 34.0 Å². The molecule has 8 aromatic rings. The van der Waals surface area contributed by atoms with Crippen LogP contribution in [0.15, 0.2) is 155 Å². The van der Waals surface area contributed by atoms with E-state index < -0.39 is 78.3 Å². The number of halogens is 8. The van der Waals surface area contributed by atoms with Gasteiger partial charge in [-0.05, 0) is 71.8 Å². The van der Waals surface area contributed by atoms with E-state index in [1.54, 1.807) is 72.8 Å². The summed E-state index contributed by atoms with van der Waals surface area (Å²) in [6.07, 6.45) is -9.02. The molecular formula is C45H34F8N4O6S5. The first-order chi connectivity index (χ1) is 31.9. The van der Waals surface area contributed by atoms with Gasteiger partial charge in [-0.15, -0.1) is 22.7 Å². The lowest BCUT2D eigenvalue weighted by Gasteiger charge is -2.25. The van der Waals surface area contributed by atoms with E-state index >= 15 is 0 Å². The minimum atomic E-state index is -5.00. The van der Waals surface area contributed by atoms with Crippen LogP contribution in [0.2, 0.25) is 0 Å². The first-order valence-corrected chi connectivity index (χ1v) is 25.9. The van der Waals surface area contributed by atoms with Crippen LogP contribution in [0, 0.1) is 11.6 Å². The van der Waals surface area contributed by atoms with Crippen LogP contribution < -0.4 is 19.1 Å². The molecule has 0 fully saturated rings. The lowest BCUT2D eigenvalue weighted by molar-refractivity contribution is -0.140. The number of sulfonamides is 3. The number of nitrogen functional groups attached to an aromatic ring is 1. The number of nitrogens with zero attached hydrogens (tertiary/aromatic N) is 2. The van der Waals surface area contributed by atoms with Gasteiger partial charge in [0.05, 0.1) is 51.6 Å². The predicted octanol–water partition coefficient (Wildman–Crippen LogP) is 11.9. The average Bonchev–Trinajstić information content (AvgIpc) is 3.81. The van der Waals surface area contributed by atoms with E-state index in [2.05, 4.69) is 4.72 Å². The highest BCUT2D eigenvalue weighted by molar-refractivity contribution is 7.93. The standard InChI is InChI=1S/C23H18F4N2O4S3.C22H16F4N2O2S2/c1-35(30,31)28-21-17-9-5-6-10-20(17)34-22(21)29(36(32,33)16-7-3-2-4-8-16)14-15-11-12-19(24)18(13-15)23(25,26)27;23-18-11-10-14(12-17(18)22(24,25)26)13-28(32(29,30)15-6-2-1-3-7-15)21-20(27)16-8-4-5-9-19(16)31-21/h2-13,28H,14H2,1H3;1-12H,13,27H2. The average molecular weight is 1040 g/mol. The Bertz CT molecular complexity index is 3480. The van der Waals surface area contributed by atoms with E-state index in [0.717, 1.165) is 54.4 Å². The molecule has 0 spiro atoms. The minimum Gasteiger partial charge on any atom is -0.396 e. The molecule has 0 unspecified atom stereocenters. The van der Waals surface area contributed by atoms with Gasteiger partial charge in [0.15, 0.2) is 0 Å². The zero-order valence-electron chi connectivity index (χ0n) is 34.8. The van der Waals surface area contributed by atoms with Crippen molar-refractivity contribution in [1.82, 2.24) is 0 Å². The van der Waals surface area contributed by atoms with E-state index in [4.69, 9.17) is 5.73 Å². The molecule has 0 amide bonds. The lowest BCUT2D eigenvalue weighted by atomic mass is 10.1. The van der Waals surface area contributed by atoms with Gasteiger partial charge in [0.25, 0.3) is 20.0 Å². The summed E-state index contributed by atoms with van der Waals surface area (Å²) in [6, 6.07) is 32.9. The van der Waals surface area contributed by atoms with Gasteiger partial charge in [-0.3, -0.25) is 13.3 Å². The molecule has 0 aliphatic heterocycles. The fourth-order valence-corrected chi connectivity index (χ4v) is 13.1. The summed E-state index contributed by atoms with van der Waals surface area (Å²) in [7, 11) is -12.5. The number of rotatable bonds is 12. The fourth-order valence-electron chi connectivity index (χ4n) is 6.81. The Labute approximate surface area is 392 Å². The van der Waals surface area contributed by atoms with E-state index in [9.17, 15) is 60.4 Å². The van der Waals surface area contributed by atoms with Gasteiger partial charge >= 0.3 is 12.4 Å². The predicted molar refractivity (Wildman–Crippen MR) is 249 cm³/mol. The number of anilines is 4. The summed E-state index contributed by atoms with van der Waals surface area (Å²) in [5.41, 5.74) is 3.24. The molecule has 2 heterocycles. The maximum Gasteiger partial charge on any atom is 0.419 e. The largest absolute Gasteiger partial charge is 0.419 e. The SMILES string of the molecule is CS(=O)(=O)Nc1c(N(Cc2ccc(F)c(C(F)(F)F)c2)S(=O)(=O)c2ccccc2)sc2ccccc12.Nc1c(N(Cc2ccc(F)c(C(F)(F)F)c2)S(=O)(=O)c2ccccc2)sc2ccccc12. The first-order valence-electron chi connectivity index (χ1n) is 19.5. The quantitative estimate of drug-likeness (QED) is 0.116. The van der Waals surface area contributed by atoms with E-state index in [1.165, 1.54) is 36.4 Å². The number of benzene rings is 6. The van der Waals surface area contributed by atoms with Crippen molar-refractivity contribution in [3.63, 3.8) is 0 Å². The Morgan fingerprint density at radius 3 is 1.34 bits per heavy atom. The highest BCUT2D eigenvalue weighted by atomic mass is 32.2. The first kappa shape index (κ1) is 49.6. The van der Waals surface area contributed by atoms with Crippen LogP contribution in [-0.2, 0) is 55.5 Å². The number of hydrogen-bond donors (Lipinski definition) is 2. The molecule has 8 rings (SSSR count). The molecule has 0 radical (unpaired) electrons. The van der Waals surface area contributed by atoms with Crippen LogP contribution in [0.3, 0.4) is 0 Å². The van der Waals surface area contributed by atoms with Gasteiger partial charge in [0, 0.05) is 20.2 Å². The number of fused-ring (bicyclic) bond motifs is 2. The Morgan fingerprint density at radius 2 is 0.912 bits per heavy atom. The van der Waals surface area contributed by atoms with Gasteiger partial charge in [-0.1, -0.05) is 84.9 Å². The maximum atomic E-state index is 13.9. The second-order valence-corrected chi connectivity index (χ2v) is 22.3. The van der Waals surface area contributed by atoms with Crippen LogP contribution in [0.1, 0.15) is 22.3 Å². The van der Waals surface area contributed by atoms with Crippen LogP contribution >= 0.6 is 22.7 Å². The number of nitrogens with one attached hydrogen (secondary N) is 1. The Kier molecular flexibility index (Phi) is 13.9. The van der Waals surface area contributed by atoms with Crippen molar-refractivity contribution in [2.24, 2.45) is 0 Å². The maximum absolute atomic E-state index is 13.9. The second kappa shape index (κ2) is 19.0. The highest BCUT2D eigenvalue weighted by Crippen LogP contribution is 2.47. The van der Waals surface area contributed by atoms with E-state index in [1.807, 2.05) is 0 Å². The van der Waals surface area contributed by atoms with Crippen molar-refractivity contribution < 1.29 is 60.4 Å². The van der Waals surface area contributed by atoms with Crippen molar-refractivity contribution in [1.29, 1.82) is 0 Å². The molecule has 3 N–H and O–H groups in total. The molecule has 68 heavy (non-hydrogen) atoms. The van der Waals surface area contributed by atoms with Crippen molar-refractivity contribution >= 4 is 94.3 Å². The summed E-state index contributed by atoms with van der Waals surface area (Å²) in [5.74, 6) is -2.93. The summed E-state index contributed by atoms with van der Waals surface area (Å²) in [6.45, 7) is -1.08. The lowest BCUT2D eigenvalue weighted by Crippen LogP contribution is -2.31. The highest BCUT2D eigenvalue weighted by Gasteiger charge is 2.37. The molecular weight excluding hydrogens is 1000 g/mol. The van der Waals surface area contributed by atoms with Gasteiger partial charge in [0.1, 0.15) is 21.6 Å². The summed E-state index contributed by atoms with van der Waals surface area (Å²) < 4.78 is 191. The van der Waals surface area contributed by atoms with Crippen LogP contribution in [0.5, 0.6) is 0 Å². The van der Waals surface area contributed by atoms with Crippen LogP contribution in [0.25, 0.3) is 20.2 Å². The van der Waals surface area contributed by atoms with Gasteiger partial charge < -0.3 is 5.73 Å². The molecule has 0 bridgehead atoms. The molecule has 0 atom stereocenters. The number of thiophene rings is 2. The fraction of sp³-hybridized carbons (Fsp3) is 0.111. The molecule has 0 saturated carbocycles. The Hall–Kier alpha value is -6.27. The summed E-state index contributed by atoms with van der Waals surface area (Å²) in [4.78, 5) is -0.207. The number of alkyl halides is 6. The Morgan fingerprint density at radius 1 is 0.529 bits per heavy atom. The van der Waals surface area contributed by atoms with Crippen molar-refractivity contribution in [2.75, 3.05) is 25.3 Å². The van der Waals surface area contributed by atoms with Crippen molar-refractivity contribution in [3.8, 4) is 0 Å². The molecule has 0 saturated heterocycles. The molecule has 10 nitrogen and oxygen atoms in total. The molecule has 6 aromatic carbocycles. The third kappa shape index (κ3) is 10.7. The van der Waals surface area contributed by atoms with Crippen LogP contribution in [-0.4, -0.2) is 31.5 Å². The Balaban J connectivity index is 0.000000203. The van der Waals surface area contributed by atoms with Crippen LogP contribution in [0.4, 0.5) is 56.5 Å². The van der Waals surface area contributed by atoms with E-state index in [-0.39, 0.29) is 42.3 Å². The number of hydrogen-bond acceptors (Lipinski definition) is 9. The molecule has 0 aliphatic carbocycles. The van der Waals surface area contributed by atoms with Crippen molar-refractivity contribution in [3.05, 3.63) is 179 Å². The summed E-state index contributed by atoms with van der Waals surface area (Å²) >= 11 is 2.06. The molecule has 2 aromatic heterocycles. The monoisotopic (exact) mass is 1040 g/mol. The minimum absolute atomic E-state index is 0.0317. The molecule has 23 heteroatoms. The third-order valence-electron chi connectivity index (χ3n) is 9.92. The van der Waals surface area contributed by atoms with Gasteiger partial charge in [0.2, 0.25) is 10.0 Å². The van der Waals surface area contributed by atoms with Gasteiger partial charge in [-0.2, -0.15) is 26.3 Å². The third-order valence-corrected chi connectivity index (χ3v) is 16.6. The normalized spacial score (nSPS) is 12.4.